The Morgan fingerprint density at radius 1 is 1.19 bits per heavy atom. The highest BCUT2D eigenvalue weighted by Crippen LogP contribution is 2.42. The summed E-state index contributed by atoms with van der Waals surface area (Å²) in [7, 11) is 0. The zero-order valence-corrected chi connectivity index (χ0v) is 15.9. The Kier molecular flexibility index (Phi) is 5.68. The summed E-state index contributed by atoms with van der Waals surface area (Å²) in [4.78, 5) is 12.9. The molecular weight excluding hydrogens is 348 g/mol. The first-order valence-electron chi connectivity index (χ1n) is 9.30. The van der Waals surface area contributed by atoms with Crippen LogP contribution in [0.15, 0.2) is 36.5 Å². The lowest BCUT2D eigenvalue weighted by molar-refractivity contribution is -0.122. The molecular formula is C20H27ClN4O. The average Bonchev–Trinajstić information content (AvgIpc) is 3.03. The molecule has 26 heavy (non-hydrogen) atoms. The van der Waals surface area contributed by atoms with Crippen LogP contribution in [0.1, 0.15) is 37.7 Å². The second kappa shape index (κ2) is 7.80. The second-order valence-electron chi connectivity index (χ2n) is 7.60. The van der Waals surface area contributed by atoms with E-state index in [4.69, 9.17) is 5.73 Å². The van der Waals surface area contributed by atoms with Gasteiger partial charge in [0.25, 0.3) is 0 Å². The maximum Gasteiger partial charge on any atom is 0.228 e. The van der Waals surface area contributed by atoms with E-state index in [1.165, 1.54) is 19.3 Å². The van der Waals surface area contributed by atoms with Crippen molar-refractivity contribution in [3.63, 3.8) is 0 Å². The van der Waals surface area contributed by atoms with Gasteiger partial charge in [-0.05, 0) is 56.1 Å². The summed E-state index contributed by atoms with van der Waals surface area (Å²) in [5.41, 5.74) is 8.47. The number of nitrogens with one attached hydrogen (secondary N) is 1. The van der Waals surface area contributed by atoms with E-state index in [0.29, 0.717) is 11.8 Å². The smallest absolute Gasteiger partial charge is 0.228 e. The topological polar surface area (TPSA) is 72.9 Å². The number of rotatable bonds is 3. The molecule has 0 spiro atoms. The van der Waals surface area contributed by atoms with Crippen LogP contribution in [0.4, 0.5) is 5.82 Å². The number of carbonyl (C=O) groups excluding carboxylic acids is 1. The van der Waals surface area contributed by atoms with E-state index >= 15 is 0 Å². The Morgan fingerprint density at radius 2 is 1.88 bits per heavy atom. The van der Waals surface area contributed by atoms with E-state index in [2.05, 4.69) is 10.4 Å². The number of carbonyl (C=O) groups is 1. The zero-order valence-electron chi connectivity index (χ0n) is 15.1. The lowest BCUT2D eigenvalue weighted by atomic mass is 9.65. The minimum atomic E-state index is 0. The van der Waals surface area contributed by atoms with Crippen molar-refractivity contribution in [2.45, 2.75) is 45.1 Å². The molecule has 0 aliphatic heterocycles. The molecule has 1 aromatic carbocycles. The van der Waals surface area contributed by atoms with Gasteiger partial charge in [0, 0.05) is 18.0 Å². The van der Waals surface area contributed by atoms with Crippen molar-refractivity contribution in [1.29, 1.82) is 0 Å². The van der Waals surface area contributed by atoms with Crippen LogP contribution in [-0.2, 0) is 4.79 Å². The molecule has 0 saturated heterocycles. The fraction of sp³-hybridized carbons (Fsp3) is 0.500. The van der Waals surface area contributed by atoms with Gasteiger partial charge in [0.2, 0.25) is 5.91 Å². The summed E-state index contributed by atoms with van der Waals surface area (Å²) in [6, 6.07) is 10.2. The van der Waals surface area contributed by atoms with Gasteiger partial charge >= 0.3 is 0 Å². The van der Waals surface area contributed by atoms with Crippen LogP contribution < -0.4 is 11.1 Å². The van der Waals surface area contributed by atoms with Crippen molar-refractivity contribution in [1.82, 2.24) is 9.78 Å². The van der Waals surface area contributed by atoms with Gasteiger partial charge in [-0.15, -0.1) is 12.4 Å². The Hall–Kier alpha value is -1.85. The predicted octanol–water partition coefficient (Wildman–Crippen LogP) is 3.69. The summed E-state index contributed by atoms with van der Waals surface area (Å²) in [6.45, 7) is 2.05. The average molecular weight is 375 g/mol. The van der Waals surface area contributed by atoms with E-state index in [1.807, 2.05) is 41.9 Å². The van der Waals surface area contributed by atoms with E-state index in [1.54, 1.807) is 6.20 Å². The fourth-order valence-corrected chi connectivity index (χ4v) is 4.62. The van der Waals surface area contributed by atoms with Gasteiger partial charge < -0.3 is 11.1 Å². The number of fused-ring (bicyclic) bond motifs is 2. The molecule has 2 atom stereocenters. The molecule has 2 saturated carbocycles. The number of aromatic nitrogens is 2. The van der Waals surface area contributed by atoms with Crippen LogP contribution >= 0.6 is 12.4 Å². The molecule has 6 heteroatoms. The molecule has 2 aliphatic carbocycles. The maximum absolute atomic E-state index is 12.9. The van der Waals surface area contributed by atoms with E-state index in [9.17, 15) is 4.79 Å². The van der Waals surface area contributed by atoms with Crippen molar-refractivity contribution in [2.24, 2.45) is 23.5 Å². The number of nitrogens with two attached hydrogens (primary N) is 1. The summed E-state index contributed by atoms with van der Waals surface area (Å²) in [5.74, 6) is 1.92. The van der Waals surface area contributed by atoms with Gasteiger partial charge in [0.05, 0.1) is 11.9 Å². The quantitative estimate of drug-likeness (QED) is 0.860. The number of amides is 1. The van der Waals surface area contributed by atoms with Crippen LogP contribution in [-0.4, -0.2) is 21.7 Å². The third-order valence-electron chi connectivity index (χ3n) is 6.02. The monoisotopic (exact) mass is 374 g/mol. The van der Waals surface area contributed by atoms with E-state index < -0.39 is 0 Å². The zero-order chi connectivity index (χ0) is 17.4. The number of hydrogen-bond donors (Lipinski definition) is 2. The van der Waals surface area contributed by atoms with Crippen LogP contribution in [0.3, 0.4) is 0 Å². The number of aryl methyl sites for hydroxylation is 1. The number of hydrogen-bond acceptors (Lipinski definition) is 3. The second-order valence-corrected chi connectivity index (χ2v) is 7.60. The van der Waals surface area contributed by atoms with Crippen LogP contribution in [0.25, 0.3) is 5.69 Å². The molecule has 1 aromatic heterocycles. The van der Waals surface area contributed by atoms with Gasteiger partial charge in [-0.25, -0.2) is 4.68 Å². The summed E-state index contributed by atoms with van der Waals surface area (Å²) < 4.78 is 1.81. The first kappa shape index (κ1) is 18.9. The third-order valence-corrected chi connectivity index (χ3v) is 6.02. The number of benzene rings is 1. The highest BCUT2D eigenvalue weighted by Gasteiger charge is 2.40. The van der Waals surface area contributed by atoms with Gasteiger partial charge in [0.1, 0.15) is 5.82 Å². The summed E-state index contributed by atoms with van der Waals surface area (Å²) >= 11 is 0. The molecule has 2 aromatic rings. The van der Waals surface area contributed by atoms with E-state index in [0.717, 1.165) is 29.9 Å². The molecule has 140 valence electrons. The van der Waals surface area contributed by atoms with Crippen LogP contribution in [0.5, 0.6) is 0 Å². The summed E-state index contributed by atoms with van der Waals surface area (Å²) in [6.07, 6.45) is 7.17. The Labute approximate surface area is 160 Å². The minimum Gasteiger partial charge on any atom is -0.327 e. The van der Waals surface area contributed by atoms with Gasteiger partial charge in [-0.3, -0.25) is 4.79 Å². The van der Waals surface area contributed by atoms with Crippen molar-refractivity contribution in [3.8, 4) is 5.69 Å². The normalized spacial score (nSPS) is 27.5. The van der Waals surface area contributed by atoms with Crippen molar-refractivity contribution in [2.75, 3.05) is 5.32 Å². The highest BCUT2D eigenvalue weighted by molar-refractivity contribution is 5.92. The highest BCUT2D eigenvalue weighted by atomic mass is 35.5. The maximum atomic E-state index is 12.9. The number of anilines is 1. The molecule has 1 heterocycles. The standard InChI is InChI=1S/C20H26N4O.ClH/c1-13-5-2-3-8-17(13)24-18(9-10-22-24)23-20(25)16-11-14-6-4-7-15(12-16)19(14)21;/h2-3,5,8-10,14-16,19H,4,6-7,11-12,21H2,1H3,(H,23,25);1H. The fourth-order valence-electron chi connectivity index (χ4n) is 4.62. The van der Waals surface area contributed by atoms with Gasteiger partial charge in [-0.2, -0.15) is 5.10 Å². The molecule has 5 nitrogen and oxygen atoms in total. The largest absolute Gasteiger partial charge is 0.327 e. The first-order chi connectivity index (χ1) is 12.1. The predicted molar refractivity (Wildman–Crippen MR) is 106 cm³/mol. The molecule has 2 unspecified atom stereocenters. The number of para-hydroxylation sites is 1. The van der Waals surface area contributed by atoms with Crippen LogP contribution in [0.2, 0.25) is 0 Å². The van der Waals surface area contributed by atoms with Gasteiger partial charge in [0.15, 0.2) is 0 Å². The molecule has 0 radical (unpaired) electrons. The molecule has 2 aliphatic rings. The van der Waals surface area contributed by atoms with Crippen molar-refractivity contribution < 1.29 is 4.79 Å². The number of halogens is 1. The molecule has 2 bridgehead atoms. The molecule has 2 fully saturated rings. The molecule has 1 amide bonds. The van der Waals surface area contributed by atoms with Crippen LogP contribution in [0, 0.1) is 24.7 Å². The summed E-state index contributed by atoms with van der Waals surface area (Å²) in [5, 5.41) is 7.51. The van der Waals surface area contributed by atoms with Crippen molar-refractivity contribution >= 4 is 24.1 Å². The van der Waals surface area contributed by atoms with Gasteiger partial charge in [-0.1, -0.05) is 24.6 Å². The minimum absolute atomic E-state index is 0. The lowest BCUT2D eigenvalue weighted by Gasteiger charge is -2.43. The van der Waals surface area contributed by atoms with E-state index in [-0.39, 0.29) is 30.3 Å². The SMILES string of the molecule is Cc1ccccc1-n1nccc1NC(=O)C1CC2CCCC(C1)C2N.Cl. The lowest BCUT2D eigenvalue weighted by Crippen LogP contribution is -2.48. The molecule has 4 rings (SSSR count). The number of nitrogens with zero attached hydrogens (tertiary/aromatic N) is 2. The first-order valence-corrected chi connectivity index (χ1v) is 9.30. The molecule has 3 N–H and O–H groups in total. The Bertz CT molecular complexity index is 761. The third kappa shape index (κ3) is 3.51. The Morgan fingerprint density at radius 3 is 2.58 bits per heavy atom. The Balaban J connectivity index is 0.00000196. The van der Waals surface area contributed by atoms with Crippen molar-refractivity contribution in [3.05, 3.63) is 42.1 Å².